The molecule has 0 saturated carbocycles. The summed E-state index contributed by atoms with van der Waals surface area (Å²) in [5.74, 6) is 0.607. The Labute approximate surface area is 124 Å². The normalized spacial score (nSPS) is 10.9. The molecule has 0 unspecified atom stereocenters. The third kappa shape index (κ3) is 2.17. The average molecular weight is 307 g/mol. The van der Waals surface area contributed by atoms with Gasteiger partial charge in [-0.25, -0.2) is 0 Å². The van der Waals surface area contributed by atoms with E-state index >= 15 is 0 Å². The van der Waals surface area contributed by atoms with Crippen LogP contribution in [0.5, 0.6) is 0 Å². The van der Waals surface area contributed by atoms with Crippen LogP contribution in [-0.2, 0) is 0 Å². The molecule has 1 aromatic carbocycles. The average Bonchev–Trinajstić information content (AvgIpc) is 2.91. The van der Waals surface area contributed by atoms with Gasteiger partial charge in [0.1, 0.15) is 10.7 Å². The Kier molecular flexibility index (Phi) is 3.19. The molecule has 2 heterocycles. The molecule has 1 amide bonds. The van der Waals surface area contributed by atoms with Crippen molar-refractivity contribution in [3.05, 3.63) is 45.7 Å². The summed E-state index contributed by atoms with van der Waals surface area (Å²) in [5.41, 5.74) is 1.51. The number of benzene rings is 1. The number of hydrogen-bond donors (Lipinski definition) is 1. The number of rotatable bonds is 2. The molecule has 102 valence electrons. The first kappa shape index (κ1) is 13.1. The van der Waals surface area contributed by atoms with E-state index in [9.17, 15) is 4.79 Å². The maximum absolute atomic E-state index is 12.3. The number of thiazole rings is 1. The van der Waals surface area contributed by atoms with Crippen molar-refractivity contribution in [3.63, 3.8) is 0 Å². The van der Waals surface area contributed by atoms with E-state index in [1.807, 2.05) is 18.2 Å². The number of nitrogens with zero attached hydrogens (tertiary/aromatic N) is 3. The van der Waals surface area contributed by atoms with Gasteiger partial charge < -0.3 is 5.32 Å². The second-order valence-electron chi connectivity index (χ2n) is 4.35. The van der Waals surface area contributed by atoms with Gasteiger partial charge in [-0.15, -0.1) is 10.2 Å². The highest BCUT2D eigenvalue weighted by atomic mass is 35.5. The van der Waals surface area contributed by atoms with Gasteiger partial charge in [-0.2, -0.15) is 0 Å². The largest absolute Gasteiger partial charge is 0.321 e. The fourth-order valence-electron chi connectivity index (χ4n) is 2.03. The quantitative estimate of drug-likeness (QED) is 0.790. The lowest BCUT2D eigenvalue weighted by Gasteiger charge is -2.04. The van der Waals surface area contributed by atoms with Gasteiger partial charge in [0.05, 0.1) is 0 Å². The summed E-state index contributed by atoms with van der Waals surface area (Å²) in [7, 11) is 0. The van der Waals surface area contributed by atoms with Crippen LogP contribution in [0.25, 0.3) is 4.96 Å². The molecular formula is C13H11ClN4OS. The fourth-order valence-corrected chi connectivity index (χ4v) is 3.22. The molecule has 2 aromatic heterocycles. The van der Waals surface area contributed by atoms with Crippen molar-refractivity contribution < 1.29 is 4.79 Å². The summed E-state index contributed by atoms with van der Waals surface area (Å²) in [4.78, 5) is 13.7. The van der Waals surface area contributed by atoms with Crippen LogP contribution >= 0.6 is 22.9 Å². The minimum atomic E-state index is -0.167. The molecule has 7 heteroatoms. The highest BCUT2D eigenvalue weighted by molar-refractivity contribution is 7.19. The van der Waals surface area contributed by atoms with Gasteiger partial charge >= 0.3 is 0 Å². The molecule has 0 aliphatic heterocycles. The molecule has 0 fully saturated rings. The number of carbonyl (C=O) groups is 1. The van der Waals surface area contributed by atoms with Crippen LogP contribution in [0.2, 0.25) is 5.02 Å². The number of carbonyl (C=O) groups excluding carboxylic acids is 1. The first-order valence-electron chi connectivity index (χ1n) is 5.94. The summed E-state index contributed by atoms with van der Waals surface area (Å²) < 4.78 is 1.87. The minimum Gasteiger partial charge on any atom is -0.321 e. The van der Waals surface area contributed by atoms with Crippen LogP contribution in [0.3, 0.4) is 0 Å². The molecule has 0 saturated heterocycles. The van der Waals surface area contributed by atoms with Gasteiger partial charge in [0.25, 0.3) is 5.91 Å². The number of aryl methyl sites for hydroxylation is 2. The molecule has 0 spiro atoms. The maximum Gasteiger partial charge on any atom is 0.267 e. The van der Waals surface area contributed by atoms with Crippen molar-refractivity contribution in [2.45, 2.75) is 13.8 Å². The fraction of sp³-hybridized carbons (Fsp3) is 0.154. The van der Waals surface area contributed by atoms with Crippen molar-refractivity contribution in [3.8, 4) is 0 Å². The minimum absolute atomic E-state index is 0.167. The molecule has 3 aromatic rings. The van der Waals surface area contributed by atoms with E-state index in [1.165, 1.54) is 11.3 Å². The Bertz CT molecular complexity index is 808. The summed E-state index contributed by atoms with van der Waals surface area (Å²) in [6, 6.07) is 7.06. The number of hydrogen-bond acceptors (Lipinski definition) is 4. The van der Waals surface area contributed by atoms with Gasteiger partial charge in [-0.05, 0) is 32.0 Å². The lowest BCUT2D eigenvalue weighted by atomic mass is 10.3. The molecule has 0 bridgehead atoms. The third-order valence-electron chi connectivity index (χ3n) is 2.94. The summed E-state index contributed by atoms with van der Waals surface area (Å²) in [6.07, 6.45) is 0. The van der Waals surface area contributed by atoms with Crippen LogP contribution in [0.15, 0.2) is 24.3 Å². The molecule has 0 aliphatic carbocycles. The van der Waals surface area contributed by atoms with Crippen molar-refractivity contribution in [2.75, 3.05) is 5.32 Å². The number of aromatic nitrogens is 3. The molecule has 0 radical (unpaired) electrons. The van der Waals surface area contributed by atoms with Gasteiger partial charge in [0.2, 0.25) is 4.96 Å². The number of amides is 1. The first-order valence-corrected chi connectivity index (χ1v) is 7.14. The monoisotopic (exact) mass is 306 g/mol. The molecule has 0 aliphatic rings. The van der Waals surface area contributed by atoms with Crippen LogP contribution in [0.1, 0.15) is 21.2 Å². The van der Waals surface area contributed by atoms with E-state index in [2.05, 4.69) is 15.5 Å². The number of nitrogens with one attached hydrogen (secondary N) is 1. The van der Waals surface area contributed by atoms with E-state index in [0.717, 1.165) is 16.5 Å². The zero-order valence-electron chi connectivity index (χ0n) is 10.8. The zero-order chi connectivity index (χ0) is 14.3. The van der Waals surface area contributed by atoms with Gasteiger partial charge in [0, 0.05) is 16.4 Å². The third-order valence-corrected chi connectivity index (χ3v) is 4.31. The molecule has 0 atom stereocenters. The topological polar surface area (TPSA) is 59.3 Å². The maximum atomic E-state index is 12.3. The number of halogens is 1. The van der Waals surface area contributed by atoms with E-state index < -0.39 is 0 Å². The van der Waals surface area contributed by atoms with Crippen molar-refractivity contribution in [2.24, 2.45) is 0 Å². The van der Waals surface area contributed by atoms with Crippen LogP contribution < -0.4 is 5.32 Å². The second kappa shape index (κ2) is 4.88. The highest BCUT2D eigenvalue weighted by Crippen LogP contribution is 2.24. The van der Waals surface area contributed by atoms with E-state index in [1.54, 1.807) is 24.3 Å². The Morgan fingerprint density at radius 2 is 2.15 bits per heavy atom. The number of fused-ring (bicyclic) bond motifs is 1. The molecule has 1 N–H and O–H groups in total. The predicted octanol–water partition coefficient (Wildman–Crippen LogP) is 3.31. The predicted molar refractivity (Wildman–Crippen MR) is 79.7 cm³/mol. The Balaban J connectivity index is 1.94. The van der Waals surface area contributed by atoms with Crippen molar-refractivity contribution in [1.29, 1.82) is 0 Å². The van der Waals surface area contributed by atoms with Crippen molar-refractivity contribution in [1.82, 2.24) is 14.6 Å². The van der Waals surface area contributed by atoms with Gasteiger partial charge in [0.15, 0.2) is 0 Å². The number of anilines is 1. The summed E-state index contributed by atoms with van der Waals surface area (Å²) in [6.45, 7) is 3.74. The first-order chi connectivity index (χ1) is 9.56. The Hall–Kier alpha value is -1.92. The second-order valence-corrected chi connectivity index (χ2v) is 5.76. The van der Waals surface area contributed by atoms with E-state index in [0.29, 0.717) is 15.6 Å². The van der Waals surface area contributed by atoms with Crippen LogP contribution in [0, 0.1) is 13.8 Å². The molecular weight excluding hydrogens is 296 g/mol. The van der Waals surface area contributed by atoms with E-state index in [4.69, 9.17) is 11.6 Å². The van der Waals surface area contributed by atoms with Gasteiger partial charge in [-0.1, -0.05) is 29.0 Å². The van der Waals surface area contributed by atoms with Crippen LogP contribution in [-0.4, -0.2) is 20.5 Å². The Morgan fingerprint density at radius 3 is 2.85 bits per heavy atom. The van der Waals surface area contributed by atoms with E-state index in [-0.39, 0.29) is 5.91 Å². The van der Waals surface area contributed by atoms with Crippen molar-refractivity contribution >= 4 is 39.5 Å². The van der Waals surface area contributed by atoms with Gasteiger partial charge in [-0.3, -0.25) is 9.20 Å². The zero-order valence-corrected chi connectivity index (χ0v) is 12.4. The standard InChI is InChI=1S/C13H11ClN4OS/c1-7-11(20-13-17-16-8(2)18(7)13)12(19)15-10-5-3-4-9(14)6-10/h3-6H,1-2H3,(H,15,19). The highest BCUT2D eigenvalue weighted by Gasteiger charge is 2.18. The summed E-state index contributed by atoms with van der Waals surface area (Å²) >= 11 is 7.22. The molecule has 3 rings (SSSR count). The SMILES string of the molecule is Cc1nnc2sc(C(=O)Nc3cccc(Cl)c3)c(C)n12. The lowest BCUT2D eigenvalue weighted by molar-refractivity contribution is 0.102. The molecule has 20 heavy (non-hydrogen) atoms. The smallest absolute Gasteiger partial charge is 0.267 e. The van der Waals surface area contributed by atoms with Crippen LogP contribution in [0.4, 0.5) is 5.69 Å². The molecule has 5 nitrogen and oxygen atoms in total. The Morgan fingerprint density at radius 1 is 1.35 bits per heavy atom. The summed E-state index contributed by atoms with van der Waals surface area (Å²) in [5, 5.41) is 11.4. The lowest BCUT2D eigenvalue weighted by Crippen LogP contribution is -2.12.